The number of hydrogen-bond donors (Lipinski definition) is 1. The summed E-state index contributed by atoms with van der Waals surface area (Å²) in [4.78, 5) is 23.3. The summed E-state index contributed by atoms with van der Waals surface area (Å²) >= 11 is 0. The molecule has 1 aromatic rings. The first-order chi connectivity index (χ1) is 11.9. The molecular weight excluding hydrogens is 378 g/mol. The van der Waals surface area contributed by atoms with Crippen molar-refractivity contribution in [2.75, 3.05) is 19.6 Å². The number of hydrogen-bond acceptors (Lipinski definition) is 7. The monoisotopic (exact) mass is 390 g/mol. The standard InChI is InChI=1S/C13H12F6N2O5/c14-12(15,16)9(22)25-11(26-10(23)13(17,18)19)7-20-3-4-21(11)6-8-2-1-5-24-8/h1-2,5,20H,3-4,6-7H2. The van der Waals surface area contributed by atoms with Crippen LogP contribution in [0.2, 0.25) is 0 Å². The molecule has 1 fully saturated rings. The molecule has 26 heavy (non-hydrogen) atoms. The molecule has 0 bridgehead atoms. The van der Waals surface area contributed by atoms with Crippen molar-refractivity contribution < 1.29 is 49.8 Å². The second-order valence-corrected chi connectivity index (χ2v) is 5.16. The van der Waals surface area contributed by atoms with Crippen LogP contribution in [0.3, 0.4) is 0 Å². The van der Waals surface area contributed by atoms with E-state index in [1.165, 1.54) is 18.4 Å². The van der Waals surface area contributed by atoms with Gasteiger partial charge in [-0.25, -0.2) is 14.5 Å². The van der Waals surface area contributed by atoms with Crippen molar-refractivity contribution in [3.63, 3.8) is 0 Å². The number of rotatable bonds is 4. The molecule has 0 unspecified atom stereocenters. The zero-order valence-corrected chi connectivity index (χ0v) is 12.8. The lowest BCUT2D eigenvalue weighted by atomic mass is 10.2. The zero-order valence-electron chi connectivity index (χ0n) is 12.8. The first-order valence-electron chi connectivity index (χ1n) is 7.02. The molecule has 1 aliphatic heterocycles. The summed E-state index contributed by atoms with van der Waals surface area (Å²) in [6, 6.07) is 2.83. The SMILES string of the molecule is O=C(OC1(OC(=O)C(F)(F)F)CNCCN1Cc1ccco1)C(F)(F)F. The predicted octanol–water partition coefficient (Wildman–Crippen LogP) is 1.55. The fourth-order valence-corrected chi connectivity index (χ4v) is 2.16. The number of carbonyl (C=O) groups is 2. The molecule has 0 aromatic carbocycles. The van der Waals surface area contributed by atoms with Gasteiger partial charge in [-0.3, -0.25) is 0 Å². The van der Waals surface area contributed by atoms with E-state index in [9.17, 15) is 35.9 Å². The van der Waals surface area contributed by atoms with Crippen molar-refractivity contribution in [3.8, 4) is 0 Å². The Balaban J connectivity index is 2.35. The Morgan fingerprint density at radius 2 is 1.73 bits per heavy atom. The average Bonchev–Trinajstić information content (AvgIpc) is 3.00. The highest BCUT2D eigenvalue weighted by molar-refractivity contribution is 5.78. The Bertz CT molecular complexity index is 614. The third-order valence-electron chi connectivity index (χ3n) is 3.28. The molecule has 0 spiro atoms. The van der Waals surface area contributed by atoms with E-state index in [-0.39, 0.29) is 25.4 Å². The maximum Gasteiger partial charge on any atom is 0.491 e. The summed E-state index contributed by atoms with van der Waals surface area (Å²) in [5.74, 6) is -8.42. The number of nitrogens with zero attached hydrogens (tertiary/aromatic N) is 1. The lowest BCUT2D eigenvalue weighted by molar-refractivity contribution is -0.321. The highest BCUT2D eigenvalue weighted by Crippen LogP contribution is 2.31. The van der Waals surface area contributed by atoms with Gasteiger partial charge in [-0.1, -0.05) is 0 Å². The van der Waals surface area contributed by atoms with Crippen molar-refractivity contribution in [3.05, 3.63) is 24.2 Å². The molecule has 0 saturated carbocycles. The number of carbonyl (C=O) groups excluding carboxylic acids is 2. The molecule has 1 N–H and O–H groups in total. The largest absolute Gasteiger partial charge is 0.491 e. The molecule has 1 saturated heterocycles. The first kappa shape index (κ1) is 20.0. The zero-order chi connectivity index (χ0) is 19.6. The molecule has 1 aliphatic rings. The number of nitrogens with one attached hydrogen (secondary N) is 1. The van der Waals surface area contributed by atoms with Crippen LogP contribution in [0.5, 0.6) is 0 Å². The van der Waals surface area contributed by atoms with Gasteiger partial charge in [0.1, 0.15) is 5.76 Å². The maximum atomic E-state index is 12.6. The van der Waals surface area contributed by atoms with Crippen molar-refractivity contribution in [2.24, 2.45) is 0 Å². The number of halogens is 6. The van der Waals surface area contributed by atoms with Crippen LogP contribution in [0, 0.1) is 0 Å². The van der Waals surface area contributed by atoms with Gasteiger partial charge in [-0.05, 0) is 12.1 Å². The second kappa shape index (κ2) is 7.15. The summed E-state index contributed by atoms with van der Waals surface area (Å²) in [6.07, 6.45) is -9.79. The van der Waals surface area contributed by atoms with Crippen LogP contribution in [0.4, 0.5) is 26.3 Å². The molecular formula is C13H12F6N2O5. The highest BCUT2D eigenvalue weighted by atomic mass is 19.4. The van der Waals surface area contributed by atoms with E-state index in [1.54, 1.807) is 0 Å². The molecule has 2 rings (SSSR count). The van der Waals surface area contributed by atoms with Crippen LogP contribution < -0.4 is 5.32 Å². The van der Waals surface area contributed by atoms with Crippen molar-refractivity contribution in [2.45, 2.75) is 24.8 Å². The summed E-state index contributed by atoms with van der Waals surface area (Å²) in [7, 11) is 0. The third kappa shape index (κ3) is 4.66. The summed E-state index contributed by atoms with van der Waals surface area (Å²) in [6.45, 7) is -1.26. The average molecular weight is 390 g/mol. The summed E-state index contributed by atoms with van der Waals surface area (Å²) in [5.41, 5.74) is 0. The van der Waals surface area contributed by atoms with Crippen LogP contribution in [0.1, 0.15) is 5.76 Å². The van der Waals surface area contributed by atoms with Gasteiger partial charge in [0.15, 0.2) is 0 Å². The minimum absolute atomic E-state index is 0.121. The van der Waals surface area contributed by atoms with E-state index in [4.69, 9.17) is 4.42 Å². The van der Waals surface area contributed by atoms with Crippen molar-refractivity contribution in [1.82, 2.24) is 10.2 Å². The Hall–Kier alpha value is -2.28. The van der Waals surface area contributed by atoms with Gasteiger partial charge < -0.3 is 19.2 Å². The Kier molecular flexibility index (Phi) is 5.51. The maximum absolute atomic E-state index is 12.6. The Labute approximate surface area is 141 Å². The summed E-state index contributed by atoms with van der Waals surface area (Å²) in [5, 5.41) is 2.44. The Morgan fingerprint density at radius 1 is 1.15 bits per heavy atom. The van der Waals surface area contributed by atoms with Gasteiger partial charge in [-0.15, -0.1) is 0 Å². The molecule has 2 heterocycles. The van der Waals surface area contributed by atoms with E-state index >= 15 is 0 Å². The minimum atomic E-state index is -5.51. The highest BCUT2D eigenvalue weighted by Gasteiger charge is 2.56. The van der Waals surface area contributed by atoms with Crippen LogP contribution in [-0.4, -0.2) is 54.7 Å². The second-order valence-electron chi connectivity index (χ2n) is 5.16. The molecule has 13 heteroatoms. The quantitative estimate of drug-likeness (QED) is 0.475. The molecule has 7 nitrogen and oxygen atoms in total. The van der Waals surface area contributed by atoms with Crippen molar-refractivity contribution >= 4 is 11.9 Å². The number of alkyl halides is 6. The van der Waals surface area contributed by atoms with Crippen LogP contribution in [0.15, 0.2) is 22.8 Å². The molecule has 0 amide bonds. The topological polar surface area (TPSA) is 81.0 Å². The van der Waals surface area contributed by atoms with Gasteiger partial charge in [0, 0.05) is 13.1 Å². The van der Waals surface area contributed by atoms with E-state index < -0.39 is 36.7 Å². The van der Waals surface area contributed by atoms with Crippen LogP contribution in [-0.2, 0) is 25.6 Å². The normalized spacial score (nSPS) is 18.4. The molecule has 146 valence electrons. The third-order valence-corrected chi connectivity index (χ3v) is 3.28. The Morgan fingerprint density at radius 3 is 2.19 bits per heavy atom. The lowest BCUT2D eigenvalue weighted by Gasteiger charge is -2.44. The van der Waals surface area contributed by atoms with E-state index in [0.29, 0.717) is 0 Å². The number of furan rings is 1. The number of ether oxygens (including phenoxy) is 2. The predicted molar refractivity (Wildman–Crippen MR) is 69.0 cm³/mol. The van der Waals surface area contributed by atoms with Gasteiger partial charge in [0.25, 0.3) is 0 Å². The first-order valence-corrected chi connectivity index (χ1v) is 7.02. The van der Waals surface area contributed by atoms with Gasteiger partial charge in [0.2, 0.25) is 0 Å². The smallest absolute Gasteiger partial charge is 0.468 e. The molecule has 0 radical (unpaired) electrons. The van der Waals surface area contributed by atoms with Gasteiger partial charge in [-0.2, -0.15) is 26.3 Å². The van der Waals surface area contributed by atoms with Gasteiger partial charge in [0.05, 0.1) is 19.4 Å². The summed E-state index contributed by atoms with van der Waals surface area (Å²) < 4.78 is 88.7. The fraction of sp³-hybridized carbons (Fsp3) is 0.538. The van der Waals surface area contributed by atoms with Crippen molar-refractivity contribution in [1.29, 1.82) is 0 Å². The minimum Gasteiger partial charge on any atom is -0.468 e. The molecule has 1 aromatic heterocycles. The number of esters is 2. The molecule has 0 atom stereocenters. The lowest BCUT2D eigenvalue weighted by Crippen LogP contribution is -2.66. The fourth-order valence-electron chi connectivity index (χ4n) is 2.16. The van der Waals surface area contributed by atoms with Crippen LogP contribution >= 0.6 is 0 Å². The molecule has 0 aliphatic carbocycles. The number of piperazine rings is 1. The van der Waals surface area contributed by atoms with Crippen LogP contribution in [0.25, 0.3) is 0 Å². The van der Waals surface area contributed by atoms with Gasteiger partial charge >= 0.3 is 30.2 Å². The van der Waals surface area contributed by atoms with E-state index in [1.807, 2.05) is 0 Å². The van der Waals surface area contributed by atoms with E-state index in [2.05, 4.69) is 14.8 Å². The van der Waals surface area contributed by atoms with E-state index in [0.717, 1.165) is 4.90 Å².